The molecule has 5 heteroatoms. The molecule has 2 unspecified atom stereocenters. The third-order valence-electron chi connectivity index (χ3n) is 3.63. The van der Waals surface area contributed by atoms with Gasteiger partial charge < -0.3 is 10.2 Å². The summed E-state index contributed by atoms with van der Waals surface area (Å²) >= 11 is 0. The van der Waals surface area contributed by atoms with Crippen LogP contribution in [0.15, 0.2) is 0 Å². The maximum absolute atomic E-state index is 12.8. The summed E-state index contributed by atoms with van der Waals surface area (Å²) in [7, 11) is 4.02. The zero-order chi connectivity index (χ0) is 13.6. The highest BCUT2D eigenvalue weighted by molar-refractivity contribution is 4.85. The van der Waals surface area contributed by atoms with Crippen molar-refractivity contribution in [2.75, 3.05) is 27.2 Å². The van der Waals surface area contributed by atoms with Gasteiger partial charge in [-0.3, -0.25) is 0 Å². The second-order valence-corrected chi connectivity index (χ2v) is 5.50. The van der Waals surface area contributed by atoms with Gasteiger partial charge in [0.2, 0.25) is 0 Å². The van der Waals surface area contributed by atoms with E-state index in [0.29, 0.717) is 25.8 Å². The highest BCUT2D eigenvalue weighted by atomic mass is 19.4. The van der Waals surface area contributed by atoms with Crippen molar-refractivity contribution in [2.45, 2.75) is 50.7 Å². The molecule has 1 aliphatic rings. The van der Waals surface area contributed by atoms with Crippen molar-refractivity contribution in [1.82, 2.24) is 10.2 Å². The quantitative estimate of drug-likeness (QED) is 0.743. The van der Waals surface area contributed by atoms with Crippen LogP contribution >= 0.6 is 0 Å². The fourth-order valence-corrected chi connectivity index (χ4v) is 2.61. The molecule has 1 aliphatic carbocycles. The van der Waals surface area contributed by atoms with E-state index in [0.717, 1.165) is 25.8 Å². The van der Waals surface area contributed by atoms with Crippen molar-refractivity contribution < 1.29 is 13.2 Å². The first-order valence-corrected chi connectivity index (χ1v) is 6.86. The minimum absolute atomic E-state index is 0.291. The Bertz CT molecular complexity index is 229. The molecule has 0 saturated heterocycles. The molecule has 0 radical (unpaired) electrons. The first-order chi connectivity index (χ1) is 8.41. The summed E-state index contributed by atoms with van der Waals surface area (Å²) in [6.07, 6.45) is 0.520. The summed E-state index contributed by atoms with van der Waals surface area (Å²) in [6, 6.07) is -0.363. The van der Waals surface area contributed by atoms with Crippen LogP contribution in [0.4, 0.5) is 13.2 Å². The molecule has 0 heterocycles. The zero-order valence-corrected chi connectivity index (χ0v) is 11.4. The Hall–Kier alpha value is -0.290. The standard InChI is InChI=1S/C13H25F3N2/c1-18(2)10-6-5-9-17-12-8-4-3-7-11(12)13(14,15)16/h11-12,17H,3-10H2,1-2H3. The first-order valence-electron chi connectivity index (χ1n) is 6.86. The third-order valence-corrected chi connectivity index (χ3v) is 3.63. The third kappa shape index (κ3) is 5.57. The number of nitrogens with zero attached hydrogens (tertiary/aromatic N) is 1. The molecule has 1 saturated carbocycles. The van der Waals surface area contributed by atoms with Gasteiger partial charge in [-0.1, -0.05) is 12.8 Å². The maximum Gasteiger partial charge on any atom is 0.393 e. The van der Waals surface area contributed by atoms with E-state index >= 15 is 0 Å². The Balaban J connectivity index is 2.26. The Morgan fingerprint density at radius 3 is 2.39 bits per heavy atom. The summed E-state index contributed by atoms with van der Waals surface area (Å²) in [5.41, 5.74) is 0. The molecule has 0 aliphatic heterocycles. The minimum atomic E-state index is -4.04. The number of halogens is 3. The van der Waals surface area contributed by atoms with E-state index in [-0.39, 0.29) is 6.04 Å². The molecule has 2 atom stereocenters. The second-order valence-electron chi connectivity index (χ2n) is 5.50. The van der Waals surface area contributed by atoms with Gasteiger partial charge in [0.15, 0.2) is 0 Å². The molecular weight excluding hydrogens is 241 g/mol. The normalized spacial score (nSPS) is 25.7. The topological polar surface area (TPSA) is 15.3 Å². The van der Waals surface area contributed by atoms with Crippen LogP contribution < -0.4 is 5.32 Å². The lowest BCUT2D eigenvalue weighted by Gasteiger charge is -2.33. The molecule has 1 rings (SSSR count). The van der Waals surface area contributed by atoms with Gasteiger partial charge in [0, 0.05) is 6.04 Å². The molecule has 1 fully saturated rings. The monoisotopic (exact) mass is 266 g/mol. The van der Waals surface area contributed by atoms with Crippen LogP contribution in [0, 0.1) is 5.92 Å². The lowest BCUT2D eigenvalue weighted by Crippen LogP contribution is -2.45. The number of nitrogens with one attached hydrogen (secondary N) is 1. The second kappa shape index (κ2) is 7.34. The number of rotatable bonds is 6. The summed E-state index contributed by atoms with van der Waals surface area (Å²) < 4.78 is 38.5. The van der Waals surface area contributed by atoms with Crippen molar-refractivity contribution in [3.05, 3.63) is 0 Å². The van der Waals surface area contributed by atoms with Crippen molar-refractivity contribution >= 4 is 0 Å². The Kier molecular flexibility index (Phi) is 6.43. The number of hydrogen-bond donors (Lipinski definition) is 1. The molecule has 0 amide bonds. The molecule has 0 aromatic carbocycles. The van der Waals surface area contributed by atoms with Crippen molar-refractivity contribution in [3.63, 3.8) is 0 Å². The van der Waals surface area contributed by atoms with Crippen LogP contribution in [0.1, 0.15) is 38.5 Å². The molecule has 0 aromatic heterocycles. The number of hydrogen-bond acceptors (Lipinski definition) is 2. The van der Waals surface area contributed by atoms with E-state index in [1.807, 2.05) is 14.1 Å². The highest BCUT2D eigenvalue weighted by Crippen LogP contribution is 2.37. The summed E-state index contributed by atoms with van der Waals surface area (Å²) in [5.74, 6) is -1.14. The van der Waals surface area contributed by atoms with Crippen molar-refractivity contribution in [3.8, 4) is 0 Å². The molecule has 0 spiro atoms. The van der Waals surface area contributed by atoms with Gasteiger partial charge in [-0.05, 0) is 52.9 Å². The predicted octanol–water partition coefficient (Wildman–Crippen LogP) is 3.04. The fraction of sp³-hybridized carbons (Fsp3) is 1.00. The lowest BCUT2D eigenvalue weighted by atomic mass is 9.84. The van der Waals surface area contributed by atoms with Gasteiger partial charge in [0.25, 0.3) is 0 Å². The number of alkyl halides is 3. The SMILES string of the molecule is CN(C)CCCCNC1CCCCC1C(F)(F)F. The van der Waals surface area contributed by atoms with Gasteiger partial charge in [0.1, 0.15) is 0 Å². The van der Waals surface area contributed by atoms with Crippen LogP contribution in [0.2, 0.25) is 0 Å². The van der Waals surface area contributed by atoms with Gasteiger partial charge >= 0.3 is 6.18 Å². The summed E-state index contributed by atoms with van der Waals surface area (Å²) in [6.45, 7) is 1.69. The lowest BCUT2D eigenvalue weighted by molar-refractivity contribution is -0.188. The van der Waals surface area contributed by atoms with E-state index < -0.39 is 12.1 Å². The van der Waals surface area contributed by atoms with E-state index in [4.69, 9.17) is 0 Å². The Morgan fingerprint density at radius 2 is 1.78 bits per heavy atom. The minimum Gasteiger partial charge on any atom is -0.313 e. The zero-order valence-electron chi connectivity index (χ0n) is 11.4. The smallest absolute Gasteiger partial charge is 0.313 e. The van der Waals surface area contributed by atoms with Crippen LogP contribution in [0.3, 0.4) is 0 Å². The van der Waals surface area contributed by atoms with E-state index in [9.17, 15) is 13.2 Å². The summed E-state index contributed by atoms with van der Waals surface area (Å²) in [4.78, 5) is 2.10. The van der Waals surface area contributed by atoms with Crippen LogP contribution in [-0.2, 0) is 0 Å². The van der Waals surface area contributed by atoms with Gasteiger partial charge in [-0.2, -0.15) is 13.2 Å². The highest BCUT2D eigenvalue weighted by Gasteiger charge is 2.45. The van der Waals surface area contributed by atoms with E-state index in [1.54, 1.807) is 0 Å². The maximum atomic E-state index is 12.8. The number of unbranched alkanes of at least 4 members (excludes halogenated alkanes) is 1. The molecule has 0 aromatic rings. The van der Waals surface area contributed by atoms with Crippen LogP contribution in [0.5, 0.6) is 0 Å². The predicted molar refractivity (Wildman–Crippen MR) is 67.6 cm³/mol. The first kappa shape index (κ1) is 15.8. The molecular formula is C13H25F3N2. The van der Waals surface area contributed by atoms with Crippen LogP contribution in [0.25, 0.3) is 0 Å². The van der Waals surface area contributed by atoms with Crippen molar-refractivity contribution in [2.24, 2.45) is 5.92 Å². The molecule has 108 valence electrons. The van der Waals surface area contributed by atoms with Gasteiger partial charge in [0.05, 0.1) is 5.92 Å². The van der Waals surface area contributed by atoms with Gasteiger partial charge in [-0.25, -0.2) is 0 Å². The Morgan fingerprint density at radius 1 is 1.11 bits per heavy atom. The average molecular weight is 266 g/mol. The molecule has 18 heavy (non-hydrogen) atoms. The van der Waals surface area contributed by atoms with E-state index in [1.165, 1.54) is 0 Å². The Labute approximate surface area is 108 Å². The largest absolute Gasteiger partial charge is 0.393 e. The van der Waals surface area contributed by atoms with Gasteiger partial charge in [-0.15, -0.1) is 0 Å². The summed E-state index contributed by atoms with van der Waals surface area (Å²) in [5, 5.41) is 3.11. The fourth-order valence-electron chi connectivity index (χ4n) is 2.61. The van der Waals surface area contributed by atoms with E-state index in [2.05, 4.69) is 10.2 Å². The molecule has 1 N–H and O–H groups in total. The average Bonchev–Trinajstić information content (AvgIpc) is 2.27. The molecule has 0 bridgehead atoms. The van der Waals surface area contributed by atoms with Crippen molar-refractivity contribution in [1.29, 1.82) is 0 Å². The molecule has 2 nitrogen and oxygen atoms in total. The van der Waals surface area contributed by atoms with Crippen LogP contribution in [-0.4, -0.2) is 44.3 Å².